The van der Waals surface area contributed by atoms with Gasteiger partial charge in [-0.05, 0) is 31.4 Å². The third-order valence-electron chi connectivity index (χ3n) is 6.05. The topological polar surface area (TPSA) is 91.4 Å². The van der Waals surface area contributed by atoms with Crippen molar-refractivity contribution in [2.75, 3.05) is 12.8 Å². The fourth-order valence-electron chi connectivity index (χ4n) is 4.71. The maximum absolute atomic E-state index is 12.1. The number of carbonyl (C=O) groups excluding carboxylic acids is 1. The molecule has 0 spiro atoms. The van der Waals surface area contributed by atoms with E-state index >= 15 is 0 Å². The Balaban J connectivity index is 1.60. The van der Waals surface area contributed by atoms with Crippen molar-refractivity contribution in [3.8, 4) is 0 Å². The molecular weight excluding hydrogens is 470 g/mol. The molecule has 2 aromatic rings. The Kier molecular flexibility index (Phi) is 7.92. The van der Waals surface area contributed by atoms with Crippen LogP contribution in [0.3, 0.4) is 0 Å². The van der Waals surface area contributed by atoms with Crippen molar-refractivity contribution < 1.29 is 31.6 Å². The average molecular weight is 504 g/mol. The number of ether oxygens (including phenoxy) is 3. The van der Waals surface area contributed by atoms with Crippen molar-refractivity contribution in [1.29, 1.82) is 0 Å². The first-order chi connectivity index (χ1) is 16.6. The number of esters is 1. The van der Waals surface area contributed by atoms with Gasteiger partial charge in [-0.1, -0.05) is 60.7 Å². The summed E-state index contributed by atoms with van der Waals surface area (Å²) in [4.78, 5) is 14.1. The first-order valence-electron chi connectivity index (χ1n) is 11.8. The Morgan fingerprint density at radius 1 is 1.00 bits per heavy atom. The summed E-state index contributed by atoms with van der Waals surface area (Å²) in [6, 6.07) is 20.2. The minimum Gasteiger partial charge on any atom is -0.459 e. The molecule has 0 amide bonds. The van der Waals surface area contributed by atoms with Crippen LogP contribution in [0.5, 0.6) is 0 Å². The van der Waals surface area contributed by atoms with Gasteiger partial charge in [0.05, 0.1) is 6.26 Å². The number of cyclic esters (lactones) is 1. The van der Waals surface area contributed by atoms with Crippen LogP contribution >= 0.6 is 0 Å². The normalized spacial score (nSPS) is 25.0. The first-order valence-corrected chi connectivity index (χ1v) is 13.6. The summed E-state index contributed by atoms with van der Waals surface area (Å²) in [5, 5.41) is 0. The Bertz CT molecular complexity index is 1050. The molecule has 0 bridgehead atoms. The number of carbonyl (C=O) groups is 1. The standard InChI is InChI=1S/C26H33NO7S/c1-26(2)32-22(24(33-26)25(34-35(3,29)30)21-14-15-23(28)31-21)18-27(16-19-10-6-4-7-11-19)17-20-12-8-5-9-13-20/h4-13,21-22,24-25H,14-18H2,1-3H3/t21-,22-,24-,25+/m1/s1. The Morgan fingerprint density at radius 3 is 2.06 bits per heavy atom. The summed E-state index contributed by atoms with van der Waals surface area (Å²) in [5.74, 6) is -1.33. The fraction of sp³-hybridized carbons (Fsp3) is 0.500. The molecule has 2 saturated heterocycles. The van der Waals surface area contributed by atoms with Crippen molar-refractivity contribution >= 4 is 16.1 Å². The number of benzene rings is 2. The third kappa shape index (κ3) is 7.35. The fourth-order valence-corrected chi connectivity index (χ4v) is 5.35. The van der Waals surface area contributed by atoms with E-state index in [-0.39, 0.29) is 12.4 Å². The minimum atomic E-state index is -3.84. The van der Waals surface area contributed by atoms with E-state index in [1.165, 1.54) is 0 Å². The number of hydrogen-bond donors (Lipinski definition) is 0. The third-order valence-corrected chi connectivity index (χ3v) is 6.62. The number of hydrogen-bond acceptors (Lipinski definition) is 8. The van der Waals surface area contributed by atoms with Crippen molar-refractivity contribution in [3.05, 3.63) is 71.8 Å². The zero-order valence-corrected chi connectivity index (χ0v) is 21.1. The molecule has 0 saturated carbocycles. The molecule has 4 atom stereocenters. The summed E-state index contributed by atoms with van der Waals surface area (Å²) in [5.41, 5.74) is 2.29. The molecule has 2 aliphatic rings. The van der Waals surface area contributed by atoms with Crippen molar-refractivity contribution in [2.45, 2.75) is 70.0 Å². The van der Waals surface area contributed by atoms with E-state index in [1.807, 2.05) is 36.4 Å². The molecular formula is C26H33NO7S. The second-order valence-electron chi connectivity index (χ2n) is 9.61. The summed E-state index contributed by atoms with van der Waals surface area (Å²) < 4.78 is 47.6. The van der Waals surface area contributed by atoms with Gasteiger partial charge in [0.25, 0.3) is 10.1 Å². The van der Waals surface area contributed by atoms with E-state index < -0.39 is 40.3 Å². The molecule has 35 heavy (non-hydrogen) atoms. The summed E-state index contributed by atoms with van der Waals surface area (Å²) >= 11 is 0. The van der Waals surface area contributed by atoms with Gasteiger partial charge in [-0.25, -0.2) is 0 Å². The van der Waals surface area contributed by atoms with Crippen LogP contribution in [-0.2, 0) is 46.4 Å². The molecule has 0 radical (unpaired) electrons. The molecule has 2 aromatic carbocycles. The maximum Gasteiger partial charge on any atom is 0.306 e. The van der Waals surface area contributed by atoms with E-state index in [2.05, 4.69) is 29.2 Å². The van der Waals surface area contributed by atoms with Crippen LogP contribution in [0.1, 0.15) is 37.8 Å². The maximum atomic E-state index is 12.1. The highest BCUT2D eigenvalue weighted by Crippen LogP contribution is 2.36. The molecule has 2 aliphatic heterocycles. The van der Waals surface area contributed by atoms with Crippen LogP contribution in [0.4, 0.5) is 0 Å². The lowest BCUT2D eigenvalue weighted by atomic mass is 10.00. The van der Waals surface area contributed by atoms with E-state index in [4.69, 9.17) is 18.4 Å². The first kappa shape index (κ1) is 25.8. The summed E-state index contributed by atoms with van der Waals surface area (Å²) in [7, 11) is -3.84. The highest BCUT2D eigenvalue weighted by atomic mass is 32.2. The zero-order chi connectivity index (χ0) is 25.1. The second kappa shape index (κ2) is 10.8. The van der Waals surface area contributed by atoms with Crippen LogP contribution in [0.2, 0.25) is 0 Å². The predicted molar refractivity (Wildman–Crippen MR) is 130 cm³/mol. The summed E-state index contributed by atoms with van der Waals surface area (Å²) in [6.45, 7) is 5.37. The highest BCUT2D eigenvalue weighted by Gasteiger charge is 2.51. The lowest BCUT2D eigenvalue weighted by Gasteiger charge is -2.32. The van der Waals surface area contributed by atoms with E-state index in [0.717, 1.165) is 17.4 Å². The monoisotopic (exact) mass is 503 g/mol. The van der Waals surface area contributed by atoms with Gasteiger partial charge in [-0.3, -0.25) is 13.9 Å². The van der Waals surface area contributed by atoms with Gasteiger partial charge in [-0.15, -0.1) is 0 Å². The van der Waals surface area contributed by atoms with Crippen LogP contribution in [0.15, 0.2) is 60.7 Å². The van der Waals surface area contributed by atoms with Crippen LogP contribution < -0.4 is 0 Å². The van der Waals surface area contributed by atoms with E-state index in [1.54, 1.807) is 13.8 Å². The molecule has 9 heteroatoms. The molecule has 2 fully saturated rings. The van der Waals surface area contributed by atoms with Crippen LogP contribution in [0.25, 0.3) is 0 Å². The Hall–Kier alpha value is -2.30. The van der Waals surface area contributed by atoms with Crippen molar-refractivity contribution in [1.82, 2.24) is 4.90 Å². The van der Waals surface area contributed by atoms with Gasteiger partial charge < -0.3 is 14.2 Å². The SMILES string of the molecule is CC1(C)O[C@@H]([C@@H](OS(C)(=O)=O)[C@H]2CCC(=O)O2)[C@@H](CN(Cc2ccccc2)Cc2ccccc2)O1. The molecule has 4 rings (SSSR count). The Morgan fingerprint density at radius 2 is 1.57 bits per heavy atom. The summed E-state index contributed by atoms with van der Waals surface area (Å²) in [6.07, 6.45) is -1.41. The highest BCUT2D eigenvalue weighted by molar-refractivity contribution is 7.86. The van der Waals surface area contributed by atoms with Gasteiger partial charge in [0.1, 0.15) is 24.4 Å². The van der Waals surface area contributed by atoms with Crippen LogP contribution in [-0.4, -0.2) is 62.3 Å². The minimum absolute atomic E-state index is 0.212. The zero-order valence-electron chi connectivity index (χ0n) is 20.3. The molecule has 2 heterocycles. The van der Waals surface area contributed by atoms with Crippen molar-refractivity contribution in [2.24, 2.45) is 0 Å². The molecule has 190 valence electrons. The molecule has 0 unspecified atom stereocenters. The Labute approximate surface area is 207 Å². The van der Waals surface area contributed by atoms with E-state index in [9.17, 15) is 13.2 Å². The molecule has 8 nitrogen and oxygen atoms in total. The second-order valence-corrected chi connectivity index (χ2v) is 11.2. The number of nitrogens with zero attached hydrogens (tertiary/aromatic N) is 1. The molecule has 0 N–H and O–H groups in total. The molecule has 0 aromatic heterocycles. The van der Waals surface area contributed by atoms with Gasteiger partial charge in [0, 0.05) is 26.1 Å². The van der Waals surface area contributed by atoms with E-state index in [0.29, 0.717) is 26.1 Å². The number of rotatable bonds is 10. The lowest BCUT2D eigenvalue weighted by molar-refractivity contribution is -0.164. The van der Waals surface area contributed by atoms with Gasteiger partial charge in [0.2, 0.25) is 0 Å². The van der Waals surface area contributed by atoms with Crippen molar-refractivity contribution in [3.63, 3.8) is 0 Å². The van der Waals surface area contributed by atoms with Crippen LogP contribution in [0, 0.1) is 0 Å². The average Bonchev–Trinajstić information content (AvgIpc) is 3.35. The van der Waals surface area contributed by atoms with Gasteiger partial charge >= 0.3 is 5.97 Å². The largest absolute Gasteiger partial charge is 0.459 e. The quantitative estimate of drug-likeness (QED) is 0.361. The van der Waals surface area contributed by atoms with Gasteiger partial charge in [-0.2, -0.15) is 8.42 Å². The smallest absolute Gasteiger partial charge is 0.306 e. The predicted octanol–water partition coefficient (Wildman–Crippen LogP) is 3.26. The lowest BCUT2D eigenvalue weighted by Crippen LogP contribution is -2.49. The van der Waals surface area contributed by atoms with Gasteiger partial charge in [0.15, 0.2) is 5.79 Å². The molecule has 0 aliphatic carbocycles.